The van der Waals surface area contributed by atoms with Crippen molar-refractivity contribution in [1.29, 1.82) is 0 Å². The van der Waals surface area contributed by atoms with E-state index < -0.39 is 17.5 Å². The maximum absolute atomic E-state index is 14.4. The minimum Gasteiger partial charge on any atom is -0.444 e. The van der Waals surface area contributed by atoms with Crippen molar-refractivity contribution in [3.05, 3.63) is 54.1 Å². The number of hydrogen-bond donors (Lipinski definition) is 2. The summed E-state index contributed by atoms with van der Waals surface area (Å²) in [5, 5.41) is 5.42. The standard InChI is InChI=1S/C23H26FN3O3/c1-23(2,3)30-22(29)27-19-14-16(24)13-18-21(19)15-10-11-25-17(12-15)8-6-4-5-7-9-20(28)26-18/h4-5,10-14H,6-9H2,1-3H3,(H,26,28)(H,27,29). The molecule has 1 aromatic heterocycles. The van der Waals surface area contributed by atoms with Crippen LogP contribution >= 0.6 is 0 Å². The zero-order valence-corrected chi connectivity index (χ0v) is 17.4. The number of aryl methyl sites for hydroxylation is 1. The summed E-state index contributed by atoms with van der Waals surface area (Å²) in [5.41, 5.74) is 1.87. The van der Waals surface area contributed by atoms with Gasteiger partial charge >= 0.3 is 6.09 Å². The smallest absolute Gasteiger partial charge is 0.412 e. The number of carbonyl (C=O) groups is 2. The molecule has 0 atom stereocenters. The van der Waals surface area contributed by atoms with E-state index in [9.17, 15) is 14.0 Å². The molecule has 30 heavy (non-hydrogen) atoms. The van der Waals surface area contributed by atoms with E-state index in [1.165, 1.54) is 12.1 Å². The quantitative estimate of drug-likeness (QED) is 0.611. The van der Waals surface area contributed by atoms with E-state index in [2.05, 4.69) is 15.6 Å². The summed E-state index contributed by atoms with van der Waals surface area (Å²) in [6.45, 7) is 5.24. The molecule has 2 N–H and O–H groups in total. The number of anilines is 2. The van der Waals surface area contributed by atoms with Crippen molar-refractivity contribution in [2.75, 3.05) is 10.6 Å². The highest BCUT2D eigenvalue weighted by Crippen LogP contribution is 2.37. The Morgan fingerprint density at radius 3 is 2.63 bits per heavy atom. The van der Waals surface area contributed by atoms with E-state index in [1.54, 1.807) is 33.0 Å². The molecule has 0 saturated carbocycles. The SMILES string of the molecule is CC(C)(C)OC(=O)Nc1cc(F)cc2c1-c1ccnc(c1)CCC=CCCC(=O)N2. The van der Waals surface area contributed by atoms with Crippen LogP contribution in [-0.2, 0) is 16.0 Å². The van der Waals surface area contributed by atoms with Crippen LogP contribution in [0, 0.1) is 5.82 Å². The number of halogens is 1. The van der Waals surface area contributed by atoms with Crippen LogP contribution in [0.1, 0.15) is 45.7 Å². The number of pyridine rings is 1. The first-order valence-electron chi connectivity index (χ1n) is 9.95. The van der Waals surface area contributed by atoms with E-state index in [0.29, 0.717) is 17.5 Å². The lowest BCUT2D eigenvalue weighted by Gasteiger charge is -2.22. The fraction of sp³-hybridized carbons (Fsp3) is 0.348. The minimum absolute atomic E-state index is 0.213. The molecule has 1 aliphatic rings. The Bertz CT molecular complexity index is 980. The predicted octanol–water partition coefficient (Wildman–Crippen LogP) is 5.46. The second-order valence-corrected chi connectivity index (χ2v) is 8.14. The van der Waals surface area contributed by atoms with Gasteiger partial charge in [0.2, 0.25) is 5.91 Å². The molecule has 0 saturated heterocycles. The summed E-state index contributed by atoms with van der Waals surface area (Å²) in [6.07, 6.45) is 7.35. The number of allylic oxidation sites excluding steroid dienone is 2. The van der Waals surface area contributed by atoms with Crippen LogP contribution < -0.4 is 10.6 Å². The highest BCUT2D eigenvalue weighted by molar-refractivity contribution is 6.01. The van der Waals surface area contributed by atoms with Crippen molar-refractivity contribution >= 4 is 23.4 Å². The number of ether oxygens (including phenoxy) is 1. The Balaban J connectivity index is 2.10. The second-order valence-electron chi connectivity index (χ2n) is 8.14. The molecule has 158 valence electrons. The molecule has 0 spiro atoms. The summed E-state index contributed by atoms with van der Waals surface area (Å²) in [6, 6.07) is 6.12. The van der Waals surface area contributed by atoms with Gasteiger partial charge in [-0.15, -0.1) is 0 Å². The number of hydrogen-bond acceptors (Lipinski definition) is 4. The maximum Gasteiger partial charge on any atom is 0.412 e. The molecule has 0 aliphatic carbocycles. The average molecular weight is 411 g/mol. The lowest BCUT2D eigenvalue weighted by Crippen LogP contribution is -2.27. The molecular weight excluding hydrogens is 385 g/mol. The van der Waals surface area contributed by atoms with Crippen molar-refractivity contribution in [3.8, 4) is 11.1 Å². The number of fused-ring (bicyclic) bond motifs is 4. The van der Waals surface area contributed by atoms with Gasteiger partial charge in [-0.25, -0.2) is 9.18 Å². The highest BCUT2D eigenvalue weighted by atomic mass is 19.1. The lowest BCUT2D eigenvalue weighted by atomic mass is 10.00. The van der Waals surface area contributed by atoms with Gasteiger partial charge in [-0.05, 0) is 69.9 Å². The van der Waals surface area contributed by atoms with E-state index in [1.807, 2.05) is 18.2 Å². The zero-order valence-electron chi connectivity index (χ0n) is 17.4. The summed E-state index contributed by atoms with van der Waals surface area (Å²) < 4.78 is 19.7. The number of rotatable bonds is 1. The molecule has 0 radical (unpaired) electrons. The van der Waals surface area contributed by atoms with Crippen LogP contribution in [0.25, 0.3) is 11.1 Å². The summed E-state index contributed by atoms with van der Waals surface area (Å²) in [4.78, 5) is 29.2. The summed E-state index contributed by atoms with van der Waals surface area (Å²) in [5.74, 6) is -0.818. The molecule has 1 aliphatic heterocycles. The number of nitrogens with zero attached hydrogens (tertiary/aromatic N) is 1. The first-order valence-corrected chi connectivity index (χ1v) is 9.95. The fourth-order valence-corrected chi connectivity index (χ4v) is 3.19. The third-order valence-electron chi connectivity index (χ3n) is 4.39. The second kappa shape index (κ2) is 9.07. The minimum atomic E-state index is -0.708. The zero-order chi connectivity index (χ0) is 21.7. The van der Waals surface area contributed by atoms with E-state index >= 15 is 0 Å². The van der Waals surface area contributed by atoms with Gasteiger partial charge in [-0.1, -0.05) is 12.2 Å². The normalized spacial score (nSPS) is 14.5. The molecule has 0 fully saturated rings. The third-order valence-corrected chi connectivity index (χ3v) is 4.39. The number of aromatic nitrogens is 1. The number of nitrogens with one attached hydrogen (secondary N) is 2. The van der Waals surface area contributed by atoms with Crippen LogP contribution in [0.15, 0.2) is 42.6 Å². The average Bonchev–Trinajstić information content (AvgIpc) is 2.63. The number of benzene rings is 1. The molecule has 3 rings (SSSR count). The molecule has 7 heteroatoms. The molecule has 1 aromatic carbocycles. The van der Waals surface area contributed by atoms with Crippen LogP contribution in [0.2, 0.25) is 0 Å². The van der Waals surface area contributed by atoms with Gasteiger partial charge in [0, 0.05) is 23.9 Å². The maximum atomic E-state index is 14.4. The van der Waals surface area contributed by atoms with Crippen LogP contribution in [-0.4, -0.2) is 22.6 Å². The highest BCUT2D eigenvalue weighted by Gasteiger charge is 2.21. The van der Waals surface area contributed by atoms with Crippen LogP contribution in [0.4, 0.5) is 20.6 Å². The van der Waals surface area contributed by atoms with Gasteiger partial charge in [0.05, 0.1) is 11.4 Å². The summed E-state index contributed by atoms with van der Waals surface area (Å²) >= 11 is 0. The number of carbonyl (C=O) groups excluding carboxylic acids is 2. The van der Waals surface area contributed by atoms with E-state index in [-0.39, 0.29) is 23.7 Å². The Labute approximate surface area is 175 Å². The molecular formula is C23H26FN3O3. The van der Waals surface area contributed by atoms with Gasteiger partial charge in [-0.2, -0.15) is 0 Å². The van der Waals surface area contributed by atoms with Crippen molar-refractivity contribution < 1.29 is 18.7 Å². The van der Waals surface area contributed by atoms with Gasteiger partial charge < -0.3 is 10.1 Å². The van der Waals surface area contributed by atoms with Gasteiger partial charge in [0.1, 0.15) is 11.4 Å². The van der Waals surface area contributed by atoms with Gasteiger partial charge in [-0.3, -0.25) is 15.1 Å². The third kappa shape index (κ3) is 5.89. The Morgan fingerprint density at radius 2 is 1.90 bits per heavy atom. The topological polar surface area (TPSA) is 80.3 Å². The largest absolute Gasteiger partial charge is 0.444 e. The summed E-state index contributed by atoms with van der Waals surface area (Å²) in [7, 11) is 0. The molecule has 2 aromatic rings. The van der Waals surface area contributed by atoms with Crippen molar-refractivity contribution in [2.24, 2.45) is 0 Å². The van der Waals surface area contributed by atoms with Crippen molar-refractivity contribution in [2.45, 2.75) is 52.1 Å². The van der Waals surface area contributed by atoms with Crippen LogP contribution in [0.5, 0.6) is 0 Å². The van der Waals surface area contributed by atoms with Crippen molar-refractivity contribution in [1.82, 2.24) is 4.98 Å². The fourth-order valence-electron chi connectivity index (χ4n) is 3.19. The molecule has 2 amide bonds. The first kappa shape index (κ1) is 21.5. The van der Waals surface area contributed by atoms with E-state index in [0.717, 1.165) is 18.5 Å². The lowest BCUT2D eigenvalue weighted by molar-refractivity contribution is -0.116. The molecule has 2 bridgehead atoms. The molecule has 2 heterocycles. The van der Waals surface area contributed by atoms with Gasteiger partial charge in [0.25, 0.3) is 0 Å². The monoisotopic (exact) mass is 411 g/mol. The first-order chi connectivity index (χ1) is 14.2. The molecule has 0 unspecified atom stereocenters. The van der Waals surface area contributed by atoms with E-state index in [4.69, 9.17) is 4.74 Å². The Kier molecular flexibility index (Phi) is 6.50. The Hall–Kier alpha value is -3.22. The van der Waals surface area contributed by atoms with Gasteiger partial charge in [0.15, 0.2) is 0 Å². The molecule has 6 nitrogen and oxygen atoms in total. The van der Waals surface area contributed by atoms with Crippen molar-refractivity contribution in [3.63, 3.8) is 0 Å². The van der Waals surface area contributed by atoms with Crippen LogP contribution in [0.3, 0.4) is 0 Å². The predicted molar refractivity (Wildman–Crippen MR) is 115 cm³/mol. The number of amides is 2. The Morgan fingerprint density at radius 1 is 1.17 bits per heavy atom.